The smallest absolute Gasteiger partial charge is 0.175 e. The van der Waals surface area contributed by atoms with Crippen LogP contribution in [-0.2, 0) is 9.84 Å². The summed E-state index contributed by atoms with van der Waals surface area (Å²) in [4.78, 5) is 9.08. The molecule has 0 saturated carbocycles. The van der Waals surface area contributed by atoms with Crippen molar-refractivity contribution in [3.05, 3.63) is 53.3 Å². The second-order valence-electron chi connectivity index (χ2n) is 6.37. The second-order valence-corrected chi connectivity index (χ2v) is 8.79. The lowest BCUT2D eigenvalue weighted by atomic mass is 10.1. The minimum Gasteiger partial charge on any atom is -0.368 e. The lowest BCUT2D eigenvalue weighted by Gasteiger charge is -2.39. The third-order valence-corrected chi connectivity index (χ3v) is 6.16. The van der Waals surface area contributed by atoms with Gasteiger partial charge in [0, 0.05) is 50.9 Å². The Morgan fingerprint density at radius 3 is 2.28 bits per heavy atom. The molecule has 1 unspecified atom stereocenters. The number of anilines is 1. The molecule has 2 aromatic rings. The highest BCUT2D eigenvalue weighted by molar-refractivity contribution is 7.90. The van der Waals surface area contributed by atoms with E-state index in [-0.39, 0.29) is 6.04 Å². The number of hydrogen-bond donors (Lipinski definition) is 0. The van der Waals surface area contributed by atoms with Crippen molar-refractivity contribution in [2.24, 2.45) is 0 Å². The number of sulfone groups is 1. The molecule has 0 amide bonds. The molecule has 3 rings (SSSR count). The highest BCUT2D eigenvalue weighted by Gasteiger charge is 2.23. The fraction of sp³-hybridized carbons (Fsp3) is 0.389. The Hall–Kier alpha value is -1.63. The quantitative estimate of drug-likeness (QED) is 0.817. The van der Waals surface area contributed by atoms with Crippen LogP contribution in [0.4, 0.5) is 5.69 Å². The number of rotatable bonds is 4. The van der Waals surface area contributed by atoms with Gasteiger partial charge in [-0.15, -0.1) is 0 Å². The summed E-state index contributed by atoms with van der Waals surface area (Å²) in [7, 11) is -3.15. The van der Waals surface area contributed by atoms with Crippen molar-refractivity contribution in [1.29, 1.82) is 0 Å². The van der Waals surface area contributed by atoms with Gasteiger partial charge in [0.1, 0.15) is 0 Å². The van der Waals surface area contributed by atoms with Gasteiger partial charge in [0.25, 0.3) is 0 Å². The molecule has 1 aromatic carbocycles. The third-order valence-electron chi connectivity index (χ3n) is 4.74. The number of pyridine rings is 1. The van der Waals surface area contributed by atoms with Gasteiger partial charge >= 0.3 is 0 Å². The Kier molecular flexibility index (Phi) is 5.32. The van der Waals surface area contributed by atoms with Crippen LogP contribution in [0.25, 0.3) is 0 Å². The van der Waals surface area contributed by atoms with Crippen molar-refractivity contribution in [3.8, 4) is 0 Å². The molecule has 0 N–H and O–H groups in total. The van der Waals surface area contributed by atoms with E-state index in [0.717, 1.165) is 37.4 Å². The van der Waals surface area contributed by atoms with Crippen molar-refractivity contribution >= 4 is 27.1 Å². The molecule has 1 aliphatic rings. The first kappa shape index (κ1) is 18.2. The van der Waals surface area contributed by atoms with Gasteiger partial charge in [-0.25, -0.2) is 8.42 Å². The number of hydrogen-bond acceptors (Lipinski definition) is 5. The Bertz CT molecular complexity index is 832. The van der Waals surface area contributed by atoms with E-state index < -0.39 is 9.84 Å². The van der Waals surface area contributed by atoms with Crippen LogP contribution >= 0.6 is 11.6 Å². The lowest BCUT2D eigenvalue weighted by molar-refractivity contribution is 0.198. The van der Waals surface area contributed by atoms with E-state index in [2.05, 4.69) is 21.7 Å². The van der Waals surface area contributed by atoms with Crippen molar-refractivity contribution in [2.45, 2.75) is 17.9 Å². The highest BCUT2D eigenvalue weighted by Crippen LogP contribution is 2.28. The average Bonchev–Trinajstić information content (AvgIpc) is 2.61. The van der Waals surface area contributed by atoms with Crippen LogP contribution in [0.15, 0.2) is 47.6 Å². The third kappa shape index (κ3) is 4.14. The molecule has 134 valence electrons. The van der Waals surface area contributed by atoms with Crippen LogP contribution in [0.3, 0.4) is 0 Å². The van der Waals surface area contributed by atoms with E-state index in [4.69, 9.17) is 11.6 Å². The number of halogens is 1. The summed E-state index contributed by atoms with van der Waals surface area (Å²) < 4.78 is 23.2. The van der Waals surface area contributed by atoms with E-state index in [1.807, 2.05) is 18.2 Å². The van der Waals surface area contributed by atoms with Gasteiger partial charge < -0.3 is 4.90 Å². The van der Waals surface area contributed by atoms with Crippen molar-refractivity contribution < 1.29 is 8.42 Å². The van der Waals surface area contributed by atoms with E-state index >= 15 is 0 Å². The van der Waals surface area contributed by atoms with Crippen LogP contribution in [0.2, 0.25) is 5.02 Å². The Labute approximate surface area is 154 Å². The molecule has 1 aromatic heterocycles. The fourth-order valence-electron chi connectivity index (χ4n) is 3.18. The molecule has 25 heavy (non-hydrogen) atoms. The van der Waals surface area contributed by atoms with Gasteiger partial charge in [0.15, 0.2) is 9.84 Å². The summed E-state index contributed by atoms with van der Waals surface area (Å²) in [6.45, 7) is 5.80. The van der Waals surface area contributed by atoms with Crippen LogP contribution in [0, 0.1) is 0 Å². The number of aromatic nitrogens is 1. The van der Waals surface area contributed by atoms with Crippen LogP contribution < -0.4 is 4.90 Å². The van der Waals surface area contributed by atoms with Gasteiger partial charge in [-0.05, 0) is 30.7 Å². The van der Waals surface area contributed by atoms with E-state index in [1.165, 1.54) is 6.26 Å². The number of benzene rings is 1. The van der Waals surface area contributed by atoms with Crippen LogP contribution in [-0.4, -0.2) is 50.7 Å². The van der Waals surface area contributed by atoms with E-state index in [0.29, 0.717) is 9.92 Å². The molecule has 7 heteroatoms. The van der Waals surface area contributed by atoms with Crippen LogP contribution in [0.1, 0.15) is 18.5 Å². The molecule has 0 aliphatic carbocycles. The maximum absolute atomic E-state index is 11.6. The lowest BCUT2D eigenvalue weighted by Crippen LogP contribution is -2.47. The van der Waals surface area contributed by atoms with Gasteiger partial charge in [-0.3, -0.25) is 9.88 Å². The average molecular weight is 380 g/mol. The molecule has 1 saturated heterocycles. The summed E-state index contributed by atoms with van der Waals surface area (Å²) in [6, 6.07) is 9.39. The minimum absolute atomic E-state index is 0.240. The SMILES string of the molecule is CC(c1ccc(S(C)(=O)=O)cc1)N1CCN(c2ccncc2Cl)CC1. The highest BCUT2D eigenvalue weighted by atomic mass is 35.5. The first-order chi connectivity index (χ1) is 11.9. The summed E-state index contributed by atoms with van der Waals surface area (Å²) in [5.41, 5.74) is 2.16. The molecule has 1 atom stereocenters. The monoisotopic (exact) mass is 379 g/mol. The molecule has 0 bridgehead atoms. The van der Waals surface area contributed by atoms with Crippen molar-refractivity contribution in [2.75, 3.05) is 37.3 Å². The summed E-state index contributed by atoms with van der Waals surface area (Å²) in [5.74, 6) is 0. The van der Waals surface area contributed by atoms with Crippen molar-refractivity contribution in [1.82, 2.24) is 9.88 Å². The Morgan fingerprint density at radius 2 is 1.72 bits per heavy atom. The first-order valence-corrected chi connectivity index (χ1v) is 10.5. The van der Waals surface area contributed by atoms with Gasteiger partial charge in [0.05, 0.1) is 15.6 Å². The fourth-order valence-corrected chi connectivity index (χ4v) is 4.05. The zero-order valence-corrected chi connectivity index (χ0v) is 16.0. The maximum Gasteiger partial charge on any atom is 0.175 e. The summed E-state index contributed by atoms with van der Waals surface area (Å²) in [5, 5.41) is 0.681. The normalized spacial score (nSPS) is 17.5. The largest absolute Gasteiger partial charge is 0.368 e. The molecule has 1 aliphatic heterocycles. The molecule has 0 spiro atoms. The minimum atomic E-state index is -3.15. The zero-order chi connectivity index (χ0) is 18.0. The number of piperazine rings is 1. The molecular formula is C18H22ClN3O2S. The van der Waals surface area contributed by atoms with Crippen LogP contribution in [0.5, 0.6) is 0 Å². The predicted molar refractivity (Wildman–Crippen MR) is 101 cm³/mol. The molecule has 5 nitrogen and oxygen atoms in total. The Balaban J connectivity index is 1.65. The molecular weight excluding hydrogens is 358 g/mol. The zero-order valence-electron chi connectivity index (χ0n) is 14.4. The van der Waals surface area contributed by atoms with E-state index in [9.17, 15) is 8.42 Å². The molecule has 2 heterocycles. The standard InChI is InChI=1S/C18H22ClN3O2S/c1-14(15-3-5-16(6-4-15)25(2,23)24)21-9-11-22(12-10-21)18-7-8-20-13-17(18)19/h3-8,13-14H,9-12H2,1-2H3. The van der Waals surface area contributed by atoms with Crippen molar-refractivity contribution in [3.63, 3.8) is 0 Å². The second kappa shape index (κ2) is 7.32. The first-order valence-electron chi connectivity index (χ1n) is 8.25. The predicted octanol–water partition coefficient (Wildman–Crippen LogP) is 3.02. The Morgan fingerprint density at radius 1 is 1.08 bits per heavy atom. The van der Waals surface area contributed by atoms with Gasteiger partial charge in [-0.2, -0.15) is 0 Å². The maximum atomic E-state index is 11.6. The number of nitrogens with zero attached hydrogens (tertiary/aromatic N) is 3. The summed E-state index contributed by atoms with van der Waals surface area (Å²) in [6.07, 6.45) is 4.67. The van der Waals surface area contributed by atoms with Gasteiger partial charge in [0.2, 0.25) is 0 Å². The van der Waals surface area contributed by atoms with Gasteiger partial charge in [-0.1, -0.05) is 23.7 Å². The molecule has 1 fully saturated rings. The topological polar surface area (TPSA) is 53.5 Å². The summed E-state index contributed by atoms with van der Waals surface area (Å²) >= 11 is 6.24. The molecule has 0 radical (unpaired) electrons. The van der Waals surface area contributed by atoms with E-state index in [1.54, 1.807) is 24.5 Å².